The van der Waals surface area contributed by atoms with Gasteiger partial charge in [0.25, 0.3) is 0 Å². The Balaban J connectivity index is 2.52. The molecular weight excluding hydrogens is 212 g/mol. The normalized spacial score (nSPS) is 12.2. The topological polar surface area (TPSA) is 41.1 Å². The number of nitrogens with one attached hydrogen (secondary N) is 2. The van der Waals surface area contributed by atoms with Crippen LogP contribution in [0.4, 0.5) is 0 Å². The van der Waals surface area contributed by atoms with Gasteiger partial charge in [0.05, 0.1) is 0 Å². The molecule has 1 atom stereocenters. The van der Waals surface area contributed by atoms with E-state index in [1.807, 2.05) is 0 Å². The van der Waals surface area contributed by atoms with Crippen molar-refractivity contribution in [3.05, 3.63) is 34.9 Å². The quantitative estimate of drug-likeness (QED) is 0.819. The summed E-state index contributed by atoms with van der Waals surface area (Å²) in [7, 11) is 1.66. The first-order valence-electron chi connectivity index (χ1n) is 6.05. The Bertz CT molecular complexity index is 388. The standard InChI is InChI=1S/C14H22N2O/c1-10-5-6-13(11(2)9-10)12(3)16-8-7-14(17)15-4/h5-6,9,12,16H,7-8H2,1-4H3,(H,15,17). The maximum absolute atomic E-state index is 11.1. The number of hydrogen-bond acceptors (Lipinski definition) is 2. The van der Waals surface area contributed by atoms with Crippen molar-refractivity contribution in [2.24, 2.45) is 0 Å². The molecule has 1 unspecified atom stereocenters. The Morgan fingerprint density at radius 1 is 1.35 bits per heavy atom. The molecule has 1 aromatic carbocycles. The van der Waals surface area contributed by atoms with Gasteiger partial charge in [-0.1, -0.05) is 23.8 Å². The maximum Gasteiger partial charge on any atom is 0.221 e. The molecule has 0 spiro atoms. The van der Waals surface area contributed by atoms with Gasteiger partial charge in [-0.15, -0.1) is 0 Å². The van der Waals surface area contributed by atoms with E-state index in [9.17, 15) is 4.79 Å². The molecule has 0 bridgehead atoms. The molecule has 1 aromatic rings. The van der Waals surface area contributed by atoms with E-state index in [0.717, 1.165) is 0 Å². The first kappa shape index (κ1) is 13.7. The van der Waals surface area contributed by atoms with Crippen LogP contribution in [0.2, 0.25) is 0 Å². The summed E-state index contributed by atoms with van der Waals surface area (Å²) in [5.41, 5.74) is 3.88. The number of amides is 1. The predicted octanol–water partition coefficient (Wildman–Crippen LogP) is 2.09. The van der Waals surface area contributed by atoms with E-state index in [-0.39, 0.29) is 11.9 Å². The number of hydrogen-bond donors (Lipinski definition) is 2. The van der Waals surface area contributed by atoms with Crippen LogP contribution in [0.15, 0.2) is 18.2 Å². The van der Waals surface area contributed by atoms with Gasteiger partial charge in [0.2, 0.25) is 5.91 Å². The Morgan fingerprint density at radius 3 is 2.65 bits per heavy atom. The third-order valence-corrected chi connectivity index (χ3v) is 2.97. The van der Waals surface area contributed by atoms with Crippen molar-refractivity contribution in [2.75, 3.05) is 13.6 Å². The van der Waals surface area contributed by atoms with E-state index in [0.29, 0.717) is 13.0 Å². The molecule has 0 radical (unpaired) electrons. The van der Waals surface area contributed by atoms with Crippen molar-refractivity contribution in [1.82, 2.24) is 10.6 Å². The summed E-state index contributed by atoms with van der Waals surface area (Å²) < 4.78 is 0. The Morgan fingerprint density at radius 2 is 2.06 bits per heavy atom. The van der Waals surface area contributed by atoms with Crippen LogP contribution >= 0.6 is 0 Å². The molecule has 0 aliphatic heterocycles. The SMILES string of the molecule is CNC(=O)CCNC(C)c1ccc(C)cc1C. The average molecular weight is 234 g/mol. The lowest BCUT2D eigenvalue weighted by atomic mass is 10.0. The second kappa shape index (κ2) is 6.40. The highest BCUT2D eigenvalue weighted by molar-refractivity contribution is 5.75. The molecule has 0 saturated heterocycles. The molecule has 2 N–H and O–H groups in total. The van der Waals surface area contributed by atoms with E-state index in [2.05, 4.69) is 49.6 Å². The van der Waals surface area contributed by atoms with E-state index in [4.69, 9.17) is 0 Å². The summed E-state index contributed by atoms with van der Waals surface area (Å²) in [6, 6.07) is 6.74. The summed E-state index contributed by atoms with van der Waals surface area (Å²) in [5.74, 6) is 0.0744. The molecule has 0 heterocycles. The Hall–Kier alpha value is -1.35. The lowest BCUT2D eigenvalue weighted by Gasteiger charge is -2.16. The van der Waals surface area contributed by atoms with E-state index in [1.54, 1.807) is 7.05 Å². The molecule has 3 heteroatoms. The maximum atomic E-state index is 11.1. The smallest absolute Gasteiger partial charge is 0.221 e. The van der Waals surface area contributed by atoms with Crippen molar-refractivity contribution < 1.29 is 4.79 Å². The van der Waals surface area contributed by atoms with Gasteiger partial charge in [-0.2, -0.15) is 0 Å². The highest BCUT2D eigenvalue weighted by atomic mass is 16.1. The van der Waals surface area contributed by atoms with Crippen molar-refractivity contribution in [3.8, 4) is 0 Å². The molecule has 0 aromatic heterocycles. The van der Waals surface area contributed by atoms with Crippen LogP contribution in [0, 0.1) is 13.8 Å². The largest absolute Gasteiger partial charge is 0.359 e. The molecule has 1 rings (SSSR count). The van der Waals surface area contributed by atoms with Gasteiger partial charge < -0.3 is 10.6 Å². The summed E-state index contributed by atoms with van der Waals surface area (Å²) in [6.07, 6.45) is 0.520. The van der Waals surface area contributed by atoms with E-state index < -0.39 is 0 Å². The fraction of sp³-hybridized carbons (Fsp3) is 0.500. The second-order valence-electron chi connectivity index (χ2n) is 4.46. The van der Waals surface area contributed by atoms with Crippen LogP contribution in [-0.2, 0) is 4.79 Å². The monoisotopic (exact) mass is 234 g/mol. The molecule has 17 heavy (non-hydrogen) atoms. The number of carbonyl (C=O) groups is 1. The van der Waals surface area contributed by atoms with Gasteiger partial charge >= 0.3 is 0 Å². The Labute approximate surface area is 104 Å². The minimum Gasteiger partial charge on any atom is -0.359 e. The lowest BCUT2D eigenvalue weighted by molar-refractivity contribution is -0.120. The first-order valence-corrected chi connectivity index (χ1v) is 6.05. The second-order valence-corrected chi connectivity index (χ2v) is 4.46. The Kier molecular flexibility index (Phi) is 5.16. The fourth-order valence-electron chi connectivity index (χ4n) is 1.95. The molecule has 1 amide bonds. The molecule has 0 saturated carbocycles. The third-order valence-electron chi connectivity index (χ3n) is 2.97. The summed E-state index contributed by atoms with van der Waals surface area (Å²) in [6.45, 7) is 7.05. The van der Waals surface area contributed by atoms with Gasteiger partial charge in [-0.3, -0.25) is 4.79 Å². The van der Waals surface area contributed by atoms with Crippen LogP contribution in [-0.4, -0.2) is 19.5 Å². The average Bonchev–Trinajstić information content (AvgIpc) is 2.28. The van der Waals surface area contributed by atoms with Gasteiger partial charge in [-0.25, -0.2) is 0 Å². The number of aryl methyl sites for hydroxylation is 2. The number of rotatable bonds is 5. The first-order chi connectivity index (χ1) is 8.04. The highest BCUT2D eigenvalue weighted by Crippen LogP contribution is 2.18. The van der Waals surface area contributed by atoms with E-state index in [1.165, 1.54) is 16.7 Å². The highest BCUT2D eigenvalue weighted by Gasteiger charge is 2.08. The van der Waals surface area contributed by atoms with Crippen molar-refractivity contribution in [1.29, 1.82) is 0 Å². The number of benzene rings is 1. The lowest BCUT2D eigenvalue weighted by Crippen LogP contribution is -2.26. The van der Waals surface area contributed by atoms with Gasteiger partial charge in [0.1, 0.15) is 0 Å². The minimum absolute atomic E-state index is 0.0744. The molecule has 0 aliphatic carbocycles. The molecule has 3 nitrogen and oxygen atoms in total. The van der Waals surface area contributed by atoms with E-state index >= 15 is 0 Å². The number of carbonyl (C=O) groups excluding carboxylic acids is 1. The van der Waals surface area contributed by atoms with Crippen LogP contribution in [0.5, 0.6) is 0 Å². The zero-order valence-corrected chi connectivity index (χ0v) is 11.1. The predicted molar refractivity (Wildman–Crippen MR) is 71.0 cm³/mol. The summed E-state index contributed by atoms with van der Waals surface area (Å²) >= 11 is 0. The molecular formula is C14H22N2O. The van der Waals surface area contributed by atoms with Crippen molar-refractivity contribution >= 4 is 5.91 Å². The molecule has 0 aliphatic rings. The zero-order chi connectivity index (χ0) is 12.8. The van der Waals surface area contributed by atoms with Crippen molar-refractivity contribution in [2.45, 2.75) is 33.2 Å². The van der Waals surface area contributed by atoms with Crippen LogP contribution in [0.1, 0.15) is 36.1 Å². The van der Waals surface area contributed by atoms with Gasteiger partial charge in [0, 0.05) is 26.1 Å². The van der Waals surface area contributed by atoms with Crippen LogP contribution in [0.3, 0.4) is 0 Å². The zero-order valence-electron chi connectivity index (χ0n) is 11.1. The fourth-order valence-corrected chi connectivity index (χ4v) is 1.95. The minimum atomic E-state index is 0.0744. The molecule has 94 valence electrons. The summed E-state index contributed by atoms with van der Waals surface area (Å²) in [5, 5.41) is 5.98. The van der Waals surface area contributed by atoms with Gasteiger partial charge in [-0.05, 0) is 31.9 Å². The van der Waals surface area contributed by atoms with Crippen LogP contribution in [0.25, 0.3) is 0 Å². The molecule has 0 fully saturated rings. The third kappa shape index (κ3) is 4.19. The summed E-state index contributed by atoms with van der Waals surface area (Å²) in [4.78, 5) is 11.1. The van der Waals surface area contributed by atoms with Crippen LogP contribution < -0.4 is 10.6 Å². The van der Waals surface area contributed by atoms with Gasteiger partial charge in [0.15, 0.2) is 0 Å². The van der Waals surface area contributed by atoms with Crippen molar-refractivity contribution in [3.63, 3.8) is 0 Å².